The van der Waals surface area contributed by atoms with Crippen molar-refractivity contribution in [3.63, 3.8) is 0 Å². The van der Waals surface area contributed by atoms with Gasteiger partial charge < -0.3 is 5.73 Å². The first-order valence-electron chi connectivity index (χ1n) is 6.29. The van der Waals surface area contributed by atoms with Gasteiger partial charge in [-0.15, -0.1) is 0 Å². The standard InChI is InChI=1S/C12H26N2S/c1-3-15-9-8-12(10-13)14(2)11-6-4-5-7-11/h11-12H,3-10,13H2,1-2H3. The van der Waals surface area contributed by atoms with E-state index in [1.807, 2.05) is 11.8 Å². The molecule has 0 amide bonds. The fraction of sp³-hybridized carbons (Fsp3) is 1.00. The van der Waals surface area contributed by atoms with E-state index < -0.39 is 0 Å². The second kappa shape index (κ2) is 7.53. The highest BCUT2D eigenvalue weighted by Gasteiger charge is 2.24. The first-order valence-corrected chi connectivity index (χ1v) is 7.44. The third-order valence-corrected chi connectivity index (χ3v) is 4.48. The third-order valence-electron chi connectivity index (χ3n) is 3.55. The molecule has 15 heavy (non-hydrogen) atoms. The van der Waals surface area contributed by atoms with Crippen molar-refractivity contribution < 1.29 is 0 Å². The molecule has 0 aromatic heterocycles. The zero-order chi connectivity index (χ0) is 11.1. The molecule has 90 valence electrons. The second-order valence-electron chi connectivity index (χ2n) is 4.48. The molecule has 1 atom stereocenters. The van der Waals surface area contributed by atoms with E-state index in [2.05, 4.69) is 18.9 Å². The Balaban J connectivity index is 2.28. The predicted octanol–water partition coefficient (Wildman–Crippen LogP) is 2.33. The molecule has 1 rings (SSSR count). The summed E-state index contributed by atoms with van der Waals surface area (Å²) in [5.41, 5.74) is 5.87. The average Bonchev–Trinajstić information content (AvgIpc) is 2.77. The van der Waals surface area contributed by atoms with Gasteiger partial charge in [0.25, 0.3) is 0 Å². The molecule has 2 N–H and O–H groups in total. The summed E-state index contributed by atoms with van der Waals surface area (Å²) >= 11 is 2.03. The SMILES string of the molecule is CCSCCC(CN)N(C)C1CCCC1. The molecule has 1 aliphatic rings. The van der Waals surface area contributed by atoms with Crippen LogP contribution in [0.2, 0.25) is 0 Å². The lowest BCUT2D eigenvalue weighted by atomic mass is 10.1. The maximum absolute atomic E-state index is 5.87. The highest BCUT2D eigenvalue weighted by Crippen LogP contribution is 2.24. The molecule has 3 heteroatoms. The molecule has 0 radical (unpaired) electrons. The Hall–Kier alpha value is 0.270. The number of thioether (sulfide) groups is 1. The minimum Gasteiger partial charge on any atom is -0.329 e. The smallest absolute Gasteiger partial charge is 0.0226 e. The molecular formula is C12H26N2S. The largest absolute Gasteiger partial charge is 0.329 e. The van der Waals surface area contributed by atoms with Crippen LogP contribution in [0.4, 0.5) is 0 Å². The number of rotatable bonds is 7. The van der Waals surface area contributed by atoms with Crippen LogP contribution >= 0.6 is 11.8 Å². The molecule has 0 heterocycles. The van der Waals surface area contributed by atoms with E-state index in [1.54, 1.807) is 0 Å². The van der Waals surface area contributed by atoms with Gasteiger partial charge in [-0.25, -0.2) is 0 Å². The lowest BCUT2D eigenvalue weighted by Gasteiger charge is -2.32. The number of nitrogens with two attached hydrogens (primary N) is 1. The Morgan fingerprint density at radius 3 is 2.60 bits per heavy atom. The summed E-state index contributed by atoms with van der Waals surface area (Å²) in [6.45, 7) is 3.04. The summed E-state index contributed by atoms with van der Waals surface area (Å²) < 4.78 is 0. The summed E-state index contributed by atoms with van der Waals surface area (Å²) in [5, 5.41) is 0. The highest BCUT2D eigenvalue weighted by atomic mass is 32.2. The lowest BCUT2D eigenvalue weighted by molar-refractivity contribution is 0.175. The van der Waals surface area contributed by atoms with Crippen LogP contribution in [0.15, 0.2) is 0 Å². The molecule has 1 saturated carbocycles. The Labute approximate surface area is 99.0 Å². The van der Waals surface area contributed by atoms with Crippen molar-refractivity contribution in [1.82, 2.24) is 4.90 Å². The number of nitrogens with zero attached hydrogens (tertiary/aromatic N) is 1. The Morgan fingerprint density at radius 2 is 2.07 bits per heavy atom. The second-order valence-corrected chi connectivity index (χ2v) is 5.87. The molecule has 2 nitrogen and oxygen atoms in total. The van der Waals surface area contributed by atoms with Gasteiger partial charge in [0, 0.05) is 18.6 Å². The predicted molar refractivity (Wildman–Crippen MR) is 70.5 cm³/mol. The van der Waals surface area contributed by atoms with Gasteiger partial charge in [0.05, 0.1) is 0 Å². The Morgan fingerprint density at radius 1 is 1.40 bits per heavy atom. The number of hydrogen-bond donors (Lipinski definition) is 1. The van der Waals surface area contributed by atoms with E-state index in [9.17, 15) is 0 Å². The van der Waals surface area contributed by atoms with Crippen molar-refractivity contribution in [2.24, 2.45) is 5.73 Å². The van der Waals surface area contributed by atoms with Crippen molar-refractivity contribution in [3.8, 4) is 0 Å². The van der Waals surface area contributed by atoms with E-state index in [1.165, 1.54) is 43.6 Å². The molecular weight excluding hydrogens is 204 g/mol. The van der Waals surface area contributed by atoms with Crippen LogP contribution in [-0.4, -0.2) is 42.1 Å². The molecule has 0 aromatic carbocycles. The van der Waals surface area contributed by atoms with Gasteiger partial charge in [-0.3, -0.25) is 4.90 Å². The maximum Gasteiger partial charge on any atom is 0.0226 e. The first kappa shape index (κ1) is 13.3. The van der Waals surface area contributed by atoms with Gasteiger partial charge in [-0.1, -0.05) is 19.8 Å². The van der Waals surface area contributed by atoms with Crippen LogP contribution in [0, 0.1) is 0 Å². The Bertz CT molecular complexity index is 158. The van der Waals surface area contributed by atoms with Crippen LogP contribution in [-0.2, 0) is 0 Å². The van der Waals surface area contributed by atoms with E-state index in [0.717, 1.165) is 12.6 Å². The van der Waals surface area contributed by atoms with Crippen LogP contribution < -0.4 is 5.73 Å². The molecule has 0 aliphatic heterocycles. The summed E-state index contributed by atoms with van der Waals surface area (Å²) in [6, 6.07) is 1.41. The van der Waals surface area contributed by atoms with Gasteiger partial charge >= 0.3 is 0 Å². The molecule has 1 unspecified atom stereocenters. The normalized spacial score (nSPS) is 20.0. The Kier molecular flexibility index (Phi) is 6.69. The van der Waals surface area contributed by atoms with Crippen LogP contribution in [0.3, 0.4) is 0 Å². The monoisotopic (exact) mass is 230 g/mol. The molecule has 1 aliphatic carbocycles. The highest BCUT2D eigenvalue weighted by molar-refractivity contribution is 7.99. The van der Waals surface area contributed by atoms with Gasteiger partial charge in [0.15, 0.2) is 0 Å². The van der Waals surface area contributed by atoms with E-state index in [-0.39, 0.29) is 0 Å². The average molecular weight is 230 g/mol. The lowest BCUT2D eigenvalue weighted by Crippen LogP contribution is -2.43. The van der Waals surface area contributed by atoms with Crippen molar-refractivity contribution in [3.05, 3.63) is 0 Å². The molecule has 0 aromatic rings. The van der Waals surface area contributed by atoms with Crippen molar-refractivity contribution in [2.45, 2.75) is 51.1 Å². The third kappa shape index (κ3) is 4.33. The van der Waals surface area contributed by atoms with Crippen LogP contribution in [0.25, 0.3) is 0 Å². The molecule has 0 spiro atoms. The first-order chi connectivity index (χ1) is 7.29. The summed E-state index contributed by atoms with van der Waals surface area (Å²) in [5.74, 6) is 2.49. The topological polar surface area (TPSA) is 29.3 Å². The number of hydrogen-bond acceptors (Lipinski definition) is 3. The fourth-order valence-electron chi connectivity index (χ4n) is 2.46. The van der Waals surface area contributed by atoms with Crippen LogP contribution in [0.5, 0.6) is 0 Å². The zero-order valence-corrected chi connectivity index (χ0v) is 11.1. The van der Waals surface area contributed by atoms with Gasteiger partial charge in [0.1, 0.15) is 0 Å². The van der Waals surface area contributed by atoms with E-state index in [0.29, 0.717) is 6.04 Å². The summed E-state index contributed by atoms with van der Waals surface area (Å²) in [7, 11) is 2.27. The van der Waals surface area contributed by atoms with Gasteiger partial charge in [-0.2, -0.15) is 11.8 Å². The van der Waals surface area contributed by atoms with Gasteiger partial charge in [0.2, 0.25) is 0 Å². The van der Waals surface area contributed by atoms with E-state index in [4.69, 9.17) is 5.73 Å². The molecule has 0 bridgehead atoms. The number of likely N-dealkylation sites (N-methyl/N-ethyl adjacent to an activating group) is 1. The minimum absolute atomic E-state index is 0.604. The summed E-state index contributed by atoms with van der Waals surface area (Å²) in [6.07, 6.45) is 6.84. The van der Waals surface area contributed by atoms with E-state index >= 15 is 0 Å². The van der Waals surface area contributed by atoms with Crippen molar-refractivity contribution >= 4 is 11.8 Å². The quantitative estimate of drug-likeness (QED) is 0.681. The van der Waals surface area contributed by atoms with Gasteiger partial charge in [-0.05, 0) is 37.8 Å². The maximum atomic E-state index is 5.87. The molecule has 1 fully saturated rings. The fourth-order valence-corrected chi connectivity index (χ4v) is 3.19. The molecule has 0 saturated heterocycles. The van der Waals surface area contributed by atoms with Crippen molar-refractivity contribution in [1.29, 1.82) is 0 Å². The van der Waals surface area contributed by atoms with Crippen molar-refractivity contribution in [2.75, 3.05) is 25.1 Å². The minimum atomic E-state index is 0.604. The zero-order valence-electron chi connectivity index (χ0n) is 10.2. The summed E-state index contributed by atoms with van der Waals surface area (Å²) in [4.78, 5) is 2.54. The van der Waals surface area contributed by atoms with Crippen LogP contribution in [0.1, 0.15) is 39.0 Å².